The maximum Gasteiger partial charge on any atom is 0.261 e. The quantitative estimate of drug-likeness (QED) is 0.434. The normalized spacial score (nSPS) is 11.2. The highest BCUT2D eigenvalue weighted by molar-refractivity contribution is 7.92. The summed E-state index contributed by atoms with van der Waals surface area (Å²) in [6, 6.07) is 18.0. The molecule has 0 aliphatic heterocycles. The van der Waals surface area contributed by atoms with Crippen LogP contribution in [0.2, 0.25) is 0 Å². The molecule has 178 valence electrons. The van der Waals surface area contributed by atoms with E-state index in [2.05, 4.69) is 15.4 Å². The molecule has 0 aliphatic carbocycles. The summed E-state index contributed by atoms with van der Waals surface area (Å²) in [6.45, 7) is 8.14. The minimum absolute atomic E-state index is 0.133. The molecule has 0 spiro atoms. The van der Waals surface area contributed by atoms with E-state index >= 15 is 0 Å². The van der Waals surface area contributed by atoms with Crippen LogP contribution >= 0.6 is 0 Å². The number of aryl methyl sites for hydroxylation is 2. The summed E-state index contributed by atoms with van der Waals surface area (Å²) >= 11 is 0. The number of hydrogen-bond donors (Lipinski definition) is 3. The summed E-state index contributed by atoms with van der Waals surface area (Å²) in [4.78, 5) is 25.7. The van der Waals surface area contributed by atoms with Crippen LogP contribution in [0.15, 0.2) is 71.6 Å². The second-order valence-electron chi connectivity index (χ2n) is 8.55. The number of rotatable bonds is 8. The molecule has 0 unspecified atom stereocenters. The molecule has 3 rings (SSSR count). The first kappa shape index (κ1) is 25.0. The molecule has 0 atom stereocenters. The minimum atomic E-state index is -3.82. The van der Waals surface area contributed by atoms with Crippen LogP contribution in [0.4, 0.5) is 11.4 Å². The summed E-state index contributed by atoms with van der Waals surface area (Å²) in [5.41, 5.74) is 2.90. The van der Waals surface area contributed by atoms with Crippen LogP contribution in [0.25, 0.3) is 0 Å². The van der Waals surface area contributed by atoms with E-state index in [4.69, 9.17) is 0 Å². The summed E-state index contributed by atoms with van der Waals surface area (Å²) in [7, 11) is -3.82. The van der Waals surface area contributed by atoms with Crippen LogP contribution in [0.5, 0.6) is 0 Å². The Labute approximate surface area is 200 Å². The summed E-state index contributed by atoms with van der Waals surface area (Å²) in [5.74, 6) is -0.444. The van der Waals surface area contributed by atoms with Gasteiger partial charge in [0.05, 0.1) is 21.8 Å². The third kappa shape index (κ3) is 6.23. The first-order valence-corrected chi connectivity index (χ1v) is 12.4. The van der Waals surface area contributed by atoms with Crippen LogP contribution in [0, 0.1) is 19.8 Å². The lowest BCUT2D eigenvalue weighted by Gasteiger charge is -2.14. The van der Waals surface area contributed by atoms with Gasteiger partial charge >= 0.3 is 0 Å². The van der Waals surface area contributed by atoms with Gasteiger partial charge in [-0.2, -0.15) is 0 Å². The summed E-state index contributed by atoms with van der Waals surface area (Å²) < 4.78 is 28.2. The summed E-state index contributed by atoms with van der Waals surface area (Å²) in [5, 5.41) is 5.61. The predicted molar refractivity (Wildman–Crippen MR) is 135 cm³/mol. The molecule has 3 aromatic rings. The number of sulfonamides is 1. The molecule has 0 heterocycles. The smallest absolute Gasteiger partial charge is 0.261 e. The van der Waals surface area contributed by atoms with Gasteiger partial charge in [-0.05, 0) is 61.7 Å². The van der Waals surface area contributed by atoms with Crippen molar-refractivity contribution in [3.8, 4) is 0 Å². The van der Waals surface area contributed by atoms with Gasteiger partial charge < -0.3 is 10.6 Å². The van der Waals surface area contributed by atoms with E-state index in [0.29, 0.717) is 35.0 Å². The van der Waals surface area contributed by atoms with E-state index in [1.807, 2.05) is 20.8 Å². The highest BCUT2D eigenvalue weighted by Crippen LogP contribution is 2.23. The molecule has 3 N–H and O–H groups in total. The minimum Gasteiger partial charge on any atom is -0.352 e. The fourth-order valence-corrected chi connectivity index (χ4v) is 4.29. The molecule has 0 saturated heterocycles. The topological polar surface area (TPSA) is 104 Å². The number of para-hydroxylation sites is 1. The van der Waals surface area contributed by atoms with Crippen molar-refractivity contribution in [1.29, 1.82) is 0 Å². The Morgan fingerprint density at radius 2 is 1.53 bits per heavy atom. The number of benzene rings is 3. The first-order valence-electron chi connectivity index (χ1n) is 11.0. The monoisotopic (exact) mass is 479 g/mol. The molecule has 2 amide bonds. The number of hydrogen-bond acceptors (Lipinski definition) is 4. The van der Waals surface area contributed by atoms with Gasteiger partial charge in [0.1, 0.15) is 0 Å². The van der Waals surface area contributed by atoms with Crippen molar-refractivity contribution in [2.75, 3.05) is 16.6 Å². The van der Waals surface area contributed by atoms with Crippen molar-refractivity contribution in [3.05, 3.63) is 89.0 Å². The van der Waals surface area contributed by atoms with E-state index in [-0.39, 0.29) is 16.4 Å². The molecular weight excluding hydrogens is 450 g/mol. The number of nitrogens with one attached hydrogen (secondary N) is 3. The van der Waals surface area contributed by atoms with Crippen LogP contribution in [0.3, 0.4) is 0 Å². The van der Waals surface area contributed by atoms with Gasteiger partial charge in [0.2, 0.25) is 0 Å². The lowest BCUT2D eigenvalue weighted by Crippen LogP contribution is -2.28. The lowest BCUT2D eigenvalue weighted by atomic mass is 10.1. The fourth-order valence-electron chi connectivity index (χ4n) is 3.17. The van der Waals surface area contributed by atoms with Gasteiger partial charge in [-0.3, -0.25) is 14.3 Å². The molecule has 34 heavy (non-hydrogen) atoms. The zero-order chi connectivity index (χ0) is 24.9. The van der Waals surface area contributed by atoms with E-state index < -0.39 is 15.9 Å². The predicted octanol–water partition coefficient (Wildman–Crippen LogP) is 4.74. The van der Waals surface area contributed by atoms with Gasteiger partial charge in [0.15, 0.2) is 0 Å². The molecule has 0 radical (unpaired) electrons. The van der Waals surface area contributed by atoms with Crippen LogP contribution in [0.1, 0.15) is 45.7 Å². The molecule has 0 bridgehead atoms. The maximum absolute atomic E-state index is 13.0. The Hall–Kier alpha value is -3.65. The van der Waals surface area contributed by atoms with E-state index in [9.17, 15) is 18.0 Å². The van der Waals surface area contributed by atoms with Crippen LogP contribution in [-0.2, 0) is 10.0 Å². The van der Waals surface area contributed by atoms with Crippen molar-refractivity contribution >= 4 is 33.2 Å². The van der Waals surface area contributed by atoms with Gasteiger partial charge in [0.25, 0.3) is 21.8 Å². The molecular formula is C26H29N3O4S. The van der Waals surface area contributed by atoms with Crippen molar-refractivity contribution in [3.63, 3.8) is 0 Å². The first-order chi connectivity index (χ1) is 16.1. The second-order valence-corrected chi connectivity index (χ2v) is 10.2. The largest absolute Gasteiger partial charge is 0.352 e. The molecule has 3 aromatic carbocycles. The van der Waals surface area contributed by atoms with Gasteiger partial charge in [-0.1, -0.05) is 49.7 Å². The second kappa shape index (κ2) is 10.5. The number of anilines is 2. The number of amides is 2. The highest BCUT2D eigenvalue weighted by Gasteiger charge is 2.18. The van der Waals surface area contributed by atoms with E-state index in [1.54, 1.807) is 55.5 Å². The summed E-state index contributed by atoms with van der Waals surface area (Å²) in [6.07, 6.45) is 0. The Bertz CT molecular complexity index is 1300. The van der Waals surface area contributed by atoms with Crippen molar-refractivity contribution in [1.82, 2.24) is 5.32 Å². The molecule has 7 nitrogen and oxygen atoms in total. The average molecular weight is 480 g/mol. The van der Waals surface area contributed by atoms with Gasteiger partial charge in [0, 0.05) is 12.1 Å². The van der Waals surface area contributed by atoms with Crippen molar-refractivity contribution in [2.45, 2.75) is 32.6 Å². The number of carbonyl (C=O) groups is 2. The molecule has 8 heteroatoms. The van der Waals surface area contributed by atoms with Gasteiger partial charge in [-0.25, -0.2) is 8.42 Å². The molecule has 0 saturated carbocycles. The van der Waals surface area contributed by atoms with Crippen molar-refractivity contribution < 1.29 is 18.0 Å². The highest BCUT2D eigenvalue weighted by atomic mass is 32.2. The Balaban J connectivity index is 1.82. The zero-order valence-corrected chi connectivity index (χ0v) is 20.5. The zero-order valence-electron chi connectivity index (χ0n) is 19.7. The third-order valence-electron chi connectivity index (χ3n) is 5.17. The van der Waals surface area contributed by atoms with Gasteiger partial charge in [-0.15, -0.1) is 0 Å². The molecule has 0 aromatic heterocycles. The maximum atomic E-state index is 13.0. The standard InChI is InChI=1S/C26H29N3O4S/c1-17(2)16-27-26(31)22-7-5-6-8-23(22)28-25(30)20-12-11-19(4)24(15-20)29-34(32,33)21-13-9-18(3)10-14-21/h5-15,17,29H,16H2,1-4H3,(H,27,31)(H,28,30). The fraction of sp³-hybridized carbons (Fsp3) is 0.231. The molecule has 0 aliphatic rings. The van der Waals surface area contributed by atoms with E-state index in [1.165, 1.54) is 18.2 Å². The Morgan fingerprint density at radius 1 is 0.853 bits per heavy atom. The number of carbonyl (C=O) groups excluding carboxylic acids is 2. The van der Waals surface area contributed by atoms with Crippen LogP contribution < -0.4 is 15.4 Å². The molecule has 0 fully saturated rings. The SMILES string of the molecule is Cc1ccc(S(=O)(=O)Nc2cc(C(=O)Nc3ccccc3C(=O)NCC(C)C)ccc2C)cc1. The Morgan fingerprint density at radius 3 is 2.21 bits per heavy atom. The van der Waals surface area contributed by atoms with Crippen molar-refractivity contribution in [2.24, 2.45) is 5.92 Å². The third-order valence-corrected chi connectivity index (χ3v) is 6.55. The van der Waals surface area contributed by atoms with Crippen LogP contribution in [-0.4, -0.2) is 26.8 Å². The Kier molecular flexibility index (Phi) is 7.73. The lowest BCUT2D eigenvalue weighted by molar-refractivity contribution is 0.0950. The average Bonchev–Trinajstić information content (AvgIpc) is 2.79. The van der Waals surface area contributed by atoms with E-state index in [0.717, 1.165) is 5.56 Å².